The number of unbranched alkanes of at least 4 members (excludes halogenated alkanes) is 1. The van der Waals surface area contributed by atoms with Crippen molar-refractivity contribution >= 4 is 22.6 Å². The van der Waals surface area contributed by atoms with E-state index in [2.05, 4.69) is 49.4 Å². The molecule has 2 atom stereocenters. The summed E-state index contributed by atoms with van der Waals surface area (Å²) in [5, 5.41) is 3.52. The van der Waals surface area contributed by atoms with Crippen LogP contribution in [0.1, 0.15) is 71.4 Å². The Bertz CT molecular complexity index is 828. The minimum absolute atomic E-state index is 0.148. The van der Waals surface area contributed by atoms with Gasteiger partial charge in [-0.15, -0.1) is 0 Å². The van der Waals surface area contributed by atoms with Crippen LogP contribution in [0.5, 0.6) is 0 Å². The number of hydrogen-bond acceptors (Lipinski definition) is 4. The number of fused-ring (bicyclic) bond motifs is 1. The van der Waals surface area contributed by atoms with Crippen molar-refractivity contribution in [1.29, 1.82) is 0 Å². The lowest BCUT2D eigenvalue weighted by molar-refractivity contribution is 0.403. The Balaban J connectivity index is 0.000000589. The van der Waals surface area contributed by atoms with Crippen molar-refractivity contribution in [3.8, 4) is 0 Å². The van der Waals surface area contributed by atoms with Crippen LogP contribution < -0.4 is 20.9 Å². The van der Waals surface area contributed by atoms with Gasteiger partial charge in [-0.1, -0.05) is 33.3 Å². The Labute approximate surface area is 182 Å². The predicted molar refractivity (Wildman–Crippen MR) is 129 cm³/mol. The third-order valence-corrected chi connectivity index (χ3v) is 6.36. The highest BCUT2D eigenvalue weighted by atomic mass is 19.1. The second-order valence-electron chi connectivity index (χ2n) is 9.23. The van der Waals surface area contributed by atoms with Crippen molar-refractivity contribution in [3.63, 3.8) is 0 Å². The summed E-state index contributed by atoms with van der Waals surface area (Å²) < 4.78 is 15.9. The standard InChI is InChI=1S/C21H29FN4.C4H10/c1-11-8-26(16-6-7-16)21-17(14(11)4)19(23)15(5)20(18(21)22)25-9-12(2)24-13(3)10-25;1-3-4-2/h8,12-13,16,24H,4,6-7,9-10,23H2,1-3,5H3;3-4H2,1-2H3. The van der Waals surface area contributed by atoms with E-state index in [1.807, 2.05) is 20.0 Å². The summed E-state index contributed by atoms with van der Waals surface area (Å²) in [6, 6.07) is 1.00. The van der Waals surface area contributed by atoms with Gasteiger partial charge in [0.05, 0.1) is 11.4 Å². The molecule has 4 nitrogen and oxygen atoms in total. The van der Waals surface area contributed by atoms with E-state index in [9.17, 15) is 0 Å². The maximum absolute atomic E-state index is 15.9. The Morgan fingerprint density at radius 3 is 2.17 bits per heavy atom. The van der Waals surface area contributed by atoms with E-state index in [1.54, 1.807) is 0 Å². The molecule has 3 N–H and O–H groups in total. The lowest BCUT2D eigenvalue weighted by Gasteiger charge is -2.40. The SMILES string of the molecule is C=C1C(C)=CN(C2CC2)c2c(F)c(N3CC(C)NC(C)C3)c(C)c(N)c21.CCCC. The topological polar surface area (TPSA) is 44.5 Å². The molecule has 1 aromatic rings. The van der Waals surface area contributed by atoms with E-state index in [-0.39, 0.29) is 5.82 Å². The molecule has 3 aliphatic rings. The van der Waals surface area contributed by atoms with E-state index >= 15 is 4.39 Å². The molecule has 0 aromatic heterocycles. The molecular weight excluding hydrogens is 375 g/mol. The zero-order valence-corrected chi connectivity index (χ0v) is 19.6. The Morgan fingerprint density at radius 2 is 1.67 bits per heavy atom. The van der Waals surface area contributed by atoms with Crippen LogP contribution in [0.2, 0.25) is 0 Å². The van der Waals surface area contributed by atoms with Crippen LogP contribution in [0.3, 0.4) is 0 Å². The minimum Gasteiger partial charge on any atom is -0.398 e. The van der Waals surface area contributed by atoms with Crippen molar-refractivity contribution in [2.75, 3.05) is 28.6 Å². The van der Waals surface area contributed by atoms with Gasteiger partial charge in [0.15, 0.2) is 5.82 Å². The van der Waals surface area contributed by atoms with Crippen molar-refractivity contribution in [2.45, 2.75) is 85.4 Å². The Morgan fingerprint density at radius 1 is 1.10 bits per heavy atom. The molecule has 166 valence electrons. The summed E-state index contributed by atoms with van der Waals surface area (Å²) in [7, 11) is 0. The highest BCUT2D eigenvalue weighted by Crippen LogP contribution is 2.50. The molecule has 1 aliphatic carbocycles. The first-order valence-electron chi connectivity index (χ1n) is 11.5. The number of piperazine rings is 1. The first kappa shape index (κ1) is 22.7. The molecule has 2 heterocycles. The van der Waals surface area contributed by atoms with Crippen LogP contribution in [0.4, 0.5) is 21.5 Å². The van der Waals surface area contributed by atoms with E-state index in [4.69, 9.17) is 5.73 Å². The molecule has 2 aliphatic heterocycles. The van der Waals surface area contributed by atoms with Gasteiger partial charge < -0.3 is 20.9 Å². The second kappa shape index (κ2) is 9.01. The third kappa shape index (κ3) is 4.22. The maximum atomic E-state index is 15.9. The minimum atomic E-state index is -0.148. The van der Waals surface area contributed by atoms with Crippen LogP contribution in [0.15, 0.2) is 18.4 Å². The van der Waals surface area contributed by atoms with Gasteiger partial charge >= 0.3 is 0 Å². The van der Waals surface area contributed by atoms with Crippen molar-refractivity contribution < 1.29 is 4.39 Å². The number of rotatable bonds is 3. The number of nitrogens with zero attached hydrogens (tertiary/aromatic N) is 2. The van der Waals surface area contributed by atoms with Crippen molar-refractivity contribution in [3.05, 3.63) is 35.3 Å². The number of allylic oxidation sites excluding steroid dienone is 2. The van der Waals surface area contributed by atoms with E-state index in [0.717, 1.165) is 48.2 Å². The number of halogens is 1. The van der Waals surface area contributed by atoms with Crippen LogP contribution in [0, 0.1) is 12.7 Å². The fraction of sp³-hybridized carbons (Fsp3) is 0.600. The van der Waals surface area contributed by atoms with Crippen LogP contribution in [-0.4, -0.2) is 31.2 Å². The zero-order valence-electron chi connectivity index (χ0n) is 19.6. The number of nitrogens with one attached hydrogen (secondary N) is 1. The van der Waals surface area contributed by atoms with Crippen LogP contribution in [-0.2, 0) is 0 Å². The van der Waals surface area contributed by atoms with Gasteiger partial charge in [0.1, 0.15) is 0 Å². The molecule has 0 spiro atoms. The molecule has 1 saturated heterocycles. The van der Waals surface area contributed by atoms with E-state index in [0.29, 0.717) is 35.2 Å². The fourth-order valence-corrected chi connectivity index (χ4v) is 4.45. The number of benzene rings is 1. The third-order valence-electron chi connectivity index (χ3n) is 6.36. The number of nitrogens with two attached hydrogens (primary N) is 1. The molecule has 2 fully saturated rings. The molecule has 1 aromatic carbocycles. The van der Waals surface area contributed by atoms with Crippen molar-refractivity contribution in [2.24, 2.45) is 0 Å². The molecule has 5 heteroatoms. The lowest BCUT2D eigenvalue weighted by Crippen LogP contribution is -2.54. The summed E-state index contributed by atoms with van der Waals surface area (Å²) in [6.07, 6.45) is 6.88. The second-order valence-corrected chi connectivity index (χ2v) is 9.23. The first-order valence-corrected chi connectivity index (χ1v) is 11.5. The average Bonchev–Trinajstić information content (AvgIpc) is 3.53. The van der Waals surface area contributed by atoms with Gasteiger partial charge in [-0.3, -0.25) is 0 Å². The maximum Gasteiger partial charge on any atom is 0.171 e. The fourth-order valence-electron chi connectivity index (χ4n) is 4.45. The highest BCUT2D eigenvalue weighted by molar-refractivity contribution is 5.97. The van der Waals surface area contributed by atoms with Gasteiger partial charge in [-0.2, -0.15) is 0 Å². The Kier molecular flexibility index (Phi) is 6.81. The summed E-state index contributed by atoms with van der Waals surface area (Å²) in [5.74, 6) is -0.148. The van der Waals surface area contributed by atoms with Crippen LogP contribution in [0.25, 0.3) is 5.57 Å². The summed E-state index contributed by atoms with van der Waals surface area (Å²) in [5.41, 5.74) is 12.0. The zero-order chi connectivity index (χ0) is 22.2. The summed E-state index contributed by atoms with van der Waals surface area (Å²) in [6.45, 7) is 18.4. The molecule has 30 heavy (non-hydrogen) atoms. The largest absolute Gasteiger partial charge is 0.398 e. The molecular formula is C25H39FN4. The lowest BCUT2D eigenvalue weighted by atomic mass is 9.90. The molecule has 1 saturated carbocycles. The summed E-state index contributed by atoms with van der Waals surface area (Å²) in [4.78, 5) is 4.26. The van der Waals surface area contributed by atoms with E-state index in [1.165, 1.54) is 12.8 Å². The summed E-state index contributed by atoms with van der Waals surface area (Å²) >= 11 is 0. The average molecular weight is 415 g/mol. The van der Waals surface area contributed by atoms with Gasteiger partial charge in [0, 0.05) is 48.7 Å². The quantitative estimate of drug-likeness (QED) is 0.631. The molecule has 0 amide bonds. The van der Waals surface area contributed by atoms with Gasteiger partial charge in [-0.05, 0) is 57.2 Å². The monoisotopic (exact) mass is 414 g/mol. The predicted octanol–water partition coefficient (Wildman–Crippen LogP) is 5.61. The number of nitrogen functional groups attached to an aromatic ring is 1. The Hall–Kier alpha value is -2.01. The molecule has 0 bridgehead atoms. The van der Waals surface area contributed by atoms with Gasteiger partial charge in [-0.25, -0.2) is 4.39 Å². The molecule has 4 rings (SSSR count). The first-order chi connectivity index (χ1) is 14.2. The molecule has 0 radical (unpaired) electrons. The van der Waals surface area contributed by atoms with Crippen molar-refractivity contribution in [1.82, 2.24) is 5.32 Å². The number of hydrogen-bond donors (Lipinski definition) is 2. The van der Waals surface area contributed by atoms with Crippen LogP contribution >= 0.6 is 0 Å². The normalized spacial score (nSPS) is 23.6. The van der Waals surface area contributed by atoms with Gasteiger partial charge in [0.25, 0.3) is 0 Å². The molecule has 2 unspecified atom stereocenters. The number of anilines is 3. The smallest absolute Gasteiger partial charge is 0.171 e. The van der Waals surface area contributed by atoms with Gasteiger partial charge in [0.2, 0.25) is 0 Å². The van der Waals surface area contributed by atoms with E-state index < -0.39 is 0 Å². The highest BCUT2D eigenvalue weighted by Gasteiger charge is 2.38.